The summed E-state index contributed by atoms with van der Waals surface area (Å²) in [5.41, 5.74) is 8.94. The Hall–Kier alpha value is -5.65. The maximum Gasteiger partial charge on any atom is 0.494 e. The van der Waals surface area contributed by atoms with Crippen LogP contribution in [0.15, 0.2) is 126 Å². The van der Waals surface area contributed by atoms with E-state index in [1.807, 2.05) is 102 Å². The highest BCUT2D eigenvalue weighted by atomic mass is 79.9. The lowest BCUT2D eigenvalue weighted by Gasteiger charge is -2.32. The Morgan fingerprint density at radius 3 is 1.70 bits per heavy atom. The number of pyridine rings is 2. The highest BCUT2D eigenvalue weighted by Crippen LogP contribution is 2.37. The number of sulfonamides is 1. The van der Waals surface area contributed by atoms with Gasteiger partial charge in [0.15, 0.2) is 11.4 Å². The lowest BCUT2D eigenvalue weighted by molar-refractivity contribution is 0.00578. The van der Waals surface area contributed by atoms with Crippen LogP contribution in [0, 0.1) is 38.6 Å². The van der Waals surface area contributed by atoms with Gasteiger partial charge in [-0.1, -0.05) is 67.6 Å². The monoisotopic (exact) mass is 974 g/mol. The Morgan fingerprint density at radius 2 is 1.20 bits per heavy atom. The SMILES string of the molecule is CCS(=O)(=O)NC(c1ccc(F)cc1)c1cncc(Br)c1.[C-]#[N+]c1ccc(-c2cncc(C(NCCC)c3ccc(F)cc3)c2)cc1C.[C-]#[N+]c1ccc(B2OC(C)(C)C(C)(C)O2)cc1C. The van der Waals surface area contributed by atoms with Crippen LogP contribution in [-0.4, -0.2) is 49.0 Å². The summed E-state index contributed by atoms with van der Waals surface area (Å²) < 4.78 is 65.5. The zero-order valence-electron chi connectivity index (χ0n) is 38.4. The summed E-state index contributed by atoms with van der Waals surface area (Å²) in [6, 6.07) is 27.0. The van der Waals surface area contributed by atoms with Gasteiger partial charge in [-0.05, 0) is 158 Å². The van der Waals surface area contributed by atoms with Crippen molar-refractivity contribution >= 4 is 49.9 Å². The molecule has 0 amide bonds. The second-order valence-corrected chi connectivity index (χ2v) is 19.7. The first-order chi connectivity index (χ1) is 31.3. The molecule has 1 aliphatic rings. The molecular formula is C51H54BBrF2N6O4S. The smallest absolute Gasteiger partial charge is 0.399 e. The van der Waals surface area contributed by atoms with E-state index in [1.165, 1.54) is 24.3 Å². The molecule has 0 saturated carbocycles. The van der Waals surface area contributed by atoms with Crippen molar-refractivity contribution in [3.8, 4) is 11.1 Å². The van der Waals surface area contributed by atoms with Crippen molar-refractivity contribution in [3.05, 3.63) is 194 Å². The fraction of sp³-hybridized carbons (Fsp3) is 0.294. The Bertz CT molecular complexity index is 2780. The molecule has 2 atom stereocenters. The van der Waals surface area contributed by atoms with E-state index in [0.29, 0.717) is 22.5 Å². The van der Waals surface area contributed by atoms with Gasteiger partial charge in [-0.2, -0.15) is 0 Å². The maximum atomic E-state index is 13.3. The molecule has 342 valence electrons. The van der Waals surface area contributed by atoms with Crippen molar-refractivity contribution in [1.82, 2.24) is 20.0 Å². The maximum absolute atomic E-state index is 13.3. The van der Waals surface area contributed by atoms with Gasteiger partial charge in [0.25, 0.3) is 0 Å². The summed E-state index contributed by atoms with van der Waals surface area (Å²) in [5, 5.41) is 3.53. The second-order valence-electron chi connectivity index (χ2n) is 16.7. The van der Waals surface area contributed by atoms with Crippen LogP contribution in [0.25, 0.3) is 20.8 Å². The van der Waals surface area contributed by atoms with Crippen LogP contribution in [0.3, 0.4) is 0 Å². The normalized spacial score (nSPS) is 14.7. The molecule has 4 aromatic carbocycles. The zero-order valence-corrected chi connectivity index (χ0v) is 40.8. The Labute approximate surface area is 397 Å². The molecule has 2 aromatic heterocycles. The van der Waals surface area contributed by atoms with Crippen molar-refractivity contribution in [3.63, 3.8) is 0 Å². The van der Waals surface area contributed by atoms with Gasteiger partial charge < -0.3 is 14.6 Å². The average molecular weight is 976 g/mol. The predicted octanol–water partition coefficient (Wildman–Crippen LogP) is 11.7. The average Bonchev–Trinajstić information content (AvgIpc) is 3.52. The number of aromatic nitrogens is 2. The number of halogens is 3. The van der Waals surface area contributed by atoms with Crippen LogP contribution in [0.4, 0.5) is 20.2 Å². The highest BCUT2D eigenvalue weighted by molar-refractivity contribution is 9.10. The minimum Gasteiger partial charge on any atom is -0.399 e. The third kappa shape index (κ3) is 13.5. The van der Waals surface area contributed by atoms with Crippen LogP contribution in [-0.2, 0) is 19.3 Å². The van der Waals surface area contributed by atoms with E-state index in [1.54, 1.807) is 37.5 Å². The van der Waals surface area contributed by atoms with Gasteiger partial charge in [-0.15, -0.1) is 0 Å². The standard InChI is InChI=1S/C23H22FN3.C14H18BNO2.C14H14BrFN2O2S/c1-4-11-27-23(17-5-8-21(24)9-6-17)20-13-19(14-26-15-20)18-7-10-22(25-3)16(2)12-18;1-10-9-11(7-8-12(10)16-6)15-17-13(2,3)14(4,5)18-15;1-2-21(19,20)18-14(10-3-5-13(16)6-4-10)11-7-12(15)9-17-8-11/h5-10,12-15,23,27H,4,11H2,1-2H3;7-9H,1-5H3;3-9,14,18H,2H2,1H3. The molecule has 7 rings (SSSR count). The van der Waals surface area contributed by atoms with E-state index in [4.69, 9.17) is 22.5 Å². The third-order valence-corrected chi connectivity index (χ3v) is 13.1. The summed E-state index contributed by atoms with van der Waals surface area (Å²) in [7, 11) is -3.78. The number of rotatable bonds is 12. The third-order valence-electron chi connectivity index (χ3n) is 11.4. The molecule has 0 aliphatic carbocycles. The molecular weight excluding hydrogens is 921 g/mol. The molecule has 0 radical (unpaired) electrons. The first-order valence-corrected chi connectivity index (χ1v) is 23.9. The van der Waals surface area contributed by atoms with E-state index in [-0.39, 0.29) is 41.7 Å². The molecule has 66 heavy (non-hydrogen) atoms. The van der Waals surface area contributed by atoms with E-state index >= 15 is 0 Å². The molecule has 1 aliphatic heterocycles. The summed E-state index contributed by atoms with van der Waals surface area (Å²) >= 11 is 3.31. The molecule has 0 spiro atoms. The van der Waals surface area contributed by atoms with Crippen molar-refractivity contribution < 1.29 is 26.5 Å². The van der Waals surface area contributed by atoms with Gasteiger partial charge in [-0.3, -0.25) is 9.97 Å². The summed E-state index contributed by atoms with van der Waals surface area (Å²) in [5.74, 6) is -0.648. The largest absolute Gasteiger partial charge is 0.494 e. The minimum absolute atomic E-state index is 0.0356. The highest BCUT2D eigenvalue weighted by Gasteiger charge is 2.51. The van der Waals surface area contributed by atoms with Crippen molar-refractivity contribution in [1.29, 1.82) is 0 Å². The van der Waals surface area contributed by atoms with Crippen molar-refractivity contribution in [2.45, 2.75) is 85.1 Å². The van der Waals surface area contributed by atoms with Crippen LogP contribution in [0.5, 0.6) is 0 Å². The van der Waals surface area contributed by atoms with E-state index in [2.05, 4.69) is 58.6 Å². The zero-order chi connectivity index (χ0) is 48.2. The fourth-order valence-corrected chi connectivity index (χ4v) is 8.05. The van der Waals surface area contributed by atoms with Gasteiger partial charge in [0.05, 0.1) is 42.2 Å². The Kier molecular flexibility index (Phi) is 17.7. The molecule has 15 heteroatoms. The van der Waals surface area contributed by atoms with Gasteiger partial charge >= 0.3 is 7.12 Å². The van der Waals surface area contributed by atoms with Crippen molar-refractivity contribution in [2.24, 2.45) is 0 Å². The quantitative estimate of drug-likeness (QED) is 0.0928. The fourth-order valence-electron chi connectivity index (χ4n) is 6.87. The molecule has 10 nitrogen and oxygen atoms in total. The lowest BCUT2D eigenvalue weighted by atomic mass is 9.78. The number of nitrogens with one attached hydrogen (secondary N) is 2. The van der Waals surface area contributed by atoms with E-state index in [9.17, 15) is 17.2 Å². The van der Waals surface area contributed by atoms with Gasteiger partial charge in [0.2, 0.25) is 10.0 Å². The molecule has 1 fully saturated rings. The molecule has 2 unspecified atom stereocenters. The molecule has 3 heterocycles. The van der Waals surface area contributed by atoms with Gasteiger partial charge in [0, 0.05) is 34.8 Å². The topological polar surface area (TPSA) is 111 Å². The second kappa shape index (κ2) is 22.7. The van der Waals surface area contributed by atoms with Crippen LogP contribution >= 0.6 is 15.9 Å². The number of benzene rings is 4. The van der Waals surface area contributed by atoms with Crippen LogP contribution < -0.4 is 15.5 Å². The lowest BCUT2D eigenvalue weighted by Crippen LogP contribution is -2.41. The number of hydrogen-bond acceptors (Lipinski definition) is 7. The summed E-state index contributed by atoms with van der Waals surface area (Å²) in [6.07, 6.45) is 7.87. The predicted molar refractivity (Wildman–Crippen MR) is 263 cm³/mol. The Balaban J connectivity index is 0.000000190. The summed E-state index contributed by atoms with van der Waals surface area (Å²) in [6.45, 7) is 30.8. The van der Waals surface area contributed by atoms with Crippen LogP contribution in [0.2, 0.25) is 0 Å². The first kappa shape index (κ1) is 51.3. The van der Waals surface area contributed by atoms with Crippen LogP contribution in [0.1, 0.15) is 93.4 Å². The molecule has 6 aromatic rings. The molecule has 0 bridgehead atoms. The van der Waals surface area contributed by atoms with Crippen molar-refractivity contribution in [2.75, 3.05) is 12.3 Å². The number of aryl methyl sites for hydroxylation is 2. The van der Waals surface area contributed by atoms with E-state index < -0.39 is 16.1 Å². The van der Waals surface area contributed by atoms with Gasteiger partial charge in [-0.25, -0.2) is 31.6 Å². The first-order valence-electron chi connectivity index (χ1n) is 21.4. The molecule has 1 saturated heterocycles. The Morgan fingerprint density at radius 1 is 0.682 bits per heavy atom. The van der Waals surface area contributed by atoms with Gasteiger partial charge in [0.1, 0.15) is 11.6 Å². The number of hydrogen-bond donors (Lipinski definition) is 2. The minimum atomic E-state index is -3.42. The molecule has 2 N–H and O–H groups in total. The summed E-state index contributed by atoms with van der Waals surface area (Å²) in [4.78, 5) is 15.5. The number of nitrogens with zero attached hydrogens (tertiary/aromatic N) is 4. The van der Waals surface area contributed by atoms with E-state index in [0.717, 1.165) is 56.3 Å².